The van der Waals surface area contributed by atoms with Crippen LogP contribution in [0.25, 0.3) is 0 Å². The van der Waals surface area contributed by atoms with Crippen LogP contribution in [0.2, 0.25) is 0 Å². The molecule has 1 heterocycles. The van der Waals surface area contributed by atoms with Crippen molar-refractivity contribution in [2.45, 2.75) is 69.2 Å². The Labute approximate surface area is 334 Å². The van der Waals surface area contributed by atoms with Gasteiger partial charge in [0, 0.05) is 42.6 Å². The van der Waals surface area contributed by atoms with E-state index < -0.39 is 21.8 Å². The lowest BCUT2D eigenvalue weighted by Gasteiger charge is -2.34. The van der Waals surface area contributed by atoms with Crippen LogP contribution in [-0.4, -0.2) is 76.4 Å². The molecular weight excluding hydrogens is 745 g/mol. The van der Waals surface area contributed by atoms with Crippen LogP contribution >= 0.6 is 0 Å². The average Bonchev–Trinajstić information content (AvgIpc) is 3.79. The van der Waals surface area contributed by atoms with E-state index in [4.69, 9.17) is 9.47 Å². The van der Waals surface area contributed by atoms with Gasteiger partial charge in [-0.2, -0.15) is 4.31 Å². The number of benzene rings is 4. The fourth-order valence-corrected chi connectivity index (χ4v) is 9.43. The molecule has 0 spiro atoms. The third kappa shape index (κ3) is 9.89. The molecule has 6 rings (SSSR count). The van der Waals surface area contributed by atoms with Gasteiger partial charge in [0.2, 0.25) is 10.0 Å². The topological polar surface area (TPSA) is 151 Å². The van der Waals surface area contributed by atoms with Crippen LogP contribution in [0.5, 0.6) is 0 Å². The summed E-state index contributed by atoms with van der Waals surface area (Å²) in [6.07, 6.45) is 5.78. The summed E-state index contributed by atoms with van der Waals surface area (Å²) < 4.78 is 39.0. The van der Waals surface area contributed by atoms with Crippen LogP contribution in [0, 0.1) is 5.92 Å². The second kappa shape index (κ2) is 18.6. The van der Waals surface area contributed by atoms with E-state index in [1.807, 2.05) is 42.5 Å². The molecule has 0 radical (unpaired) electrons. The molecule has 12 nitrogen and oxygen atoms in total. The standard InChI is InChI=1S/C44H50N4O8S/c1-4-48(36-22-18-33(19-23-36)44(52)56-3)57(53,54)38-9-7-8-34(28-38)41(49)46-40-25-24-37(47-26-5-6-27-47)29-39(40)42(50)45-35-20-14-31(15-21-35)11-10-30-12-16-32(17-13-30)43(51)55-2/h7-9,12-17,20-21,24-25,28-29,33,36H,4-6,10-11,18-19,22-23,26-27H2,1-3H3,(H,45,50)(H,46,49). The summed E-state index contributed by atoms with van der Waals surface area (Å²) >= 11 is 0. The Morgan fingerprint density at radius 1 is 0.737 bits per heavy atom. The number of nitrogens with zero attached hydrogens (tertiary/aromatic N) is 2. The van der Waals surface area contributed by atoms with Crippen LogP contribution in [0.3, 0.4) is 0 Å². The van der Waals surface area contributed by atoms with E-state index in [-0.39, 0.29) is 46.5 Å². The minimum Gasteiger partial charge on any atom is -0.469 e. The molecule has 1 aliphatic heterocycles. The SMILES string of the molecule is CCN(C1CCC(C(=O)OC)CC1)S(=O)(=O)c1cccc(C(=O)Nc2ccc(N3CCCC3)cc2C(=O)Nc2ccc(CCc3ccc(C(=O)OC)cc3)cc2)c1. The molecule has 1 aliphatic carbocycles. The first-order chi connectivity index (χ1) is 27.5. The van der Waals surface area contributed by atoms with E-state index in [0.717, 1.165) is 55.6 Å². The number of nitrogens with one attached hydrogen (secondary N) is 2. The molecule has 2 amide bonds. The Hall–Kier alpha value is -5.53. The molecule has 1 saturated heterocycles. The fraction of sp³-hybridized carbons (Fsp3) is 0.364. The highest BCUT2D eigenvalue weighted by atomic mass is 32.2. The summed E-state index contributed by atoms with van der Waals surface area (Å²) in [5.74, 6) is -1.84. The Balaban J connectivity index is 1.15. The van der Waals surface area contributed by atoms with E-state index in [1.54, 1.807) is 37.3 Å². The number of carbonyl (C=O) groups excluding carboxylic acids is 4. The average molecular weight is 795 g/mol. The molecule has 0 aromatic heterocycles. The van der Waals surface area contributed by atoms with Crippen molar-refractivity contribution in [2.75, 3.05) is 49.4 Å². The Kier molecular flexibility index (Phi) is 13.4. The number of carbonyl (C=O) groups is 4. The number of ether oxygens (including phenoxy) is 2. The van der Waals surface area contributed by atoms with Crippen LogP contribution in [0.15, 0.2) is 95.9 Å². The highest BCUT2D eigenvalue weighted by Gasteiger charge is 2.35. The molecule has 0 atom stereocenters. The molecule has 2 aliphatic rings. The molecule has 0 unspecified atom stereocenters. The number of esters is 2. The third-order valence-corrected chi connectivity index (χ3v) is 12.9. The molecule has 4 aromatic carbocycles. The van der Waals surface area contributed by atoms with Crippen LogP contribution in [0.4, 0.5) is 17.1 Å². The monoisotopic (exact) mass is 794 g/mol. The number of methoxy groups -OCH3 is 2. The quantitative estimate of drug-likeness (QED) is 0.127. The van der Waals surface area contributed by atoms with Crippen molar-refractivity contribution >= 4 is 50.8 Å². The lowest BCUT2D eigenvalue weighted by Crippen LogP contribution is -2.43. The summed E-state index contributed by atoms with van der Waals surface area (Å²) in [5, 5.41) is 5.86. The van der Waals surface area contributed by atoms with Gasteiger partial charge in [0.15, 0.2) is 0 Å². The van der Waals surface area contributed by atoms with Crippen molar-refractivity contribution in [3.63, 3.8) is 0 Å². The zero-order valence-electron chi connectivity index (χ0n) is 32.7. The molecule has 4 aromatic rings. The van der Waals surface area contributed by atoms with Gasteiger partial charge in [-0.15, -0.1) is 0 Å². The van der Waals surface area contributed by atoms with E-state index in [0.29, 0.717) is 42.6 Å². The van der Waals surface area contributed by atoms with Crippen molar-refractivity contribution in [1.82, 2.24) is 4.31 Å². The van der Waals surface area contributed by atoms with Crippen molar-refractivity contribution < 1.29 is 37.1 Å². The van der Waals surface area contributed by atoms with Crippen LogP contribution < -0.4 is 15.5 Å². The maximum Gasteiger partial charge on any atom is 0.337 e. The van der Waals surface area contributed by atoms with Gasteiger partial charge in [-0.1, -0.05) is 37.3 Å². The summed E-state index contributed by atoms with van der Waals surface area (Å²) in [7, 11) is -1.25. The number of amides is 2. The molecule has 2 N–H and O–H groups in total. The van der Waals surface area contributed by atoms with E-state index in [9.17, 15) is 27.6 Å². The number of hydrogen-bond donors (Lipinski definition) is 2. The van der Waals surface area contributed by atoms with E-state index in [1.165, 1.54) is 36.7 Å². The van der Waals surface area contributed by atoms with Crippen molar-refractivity contribution in [3.8, 4) is 0 Å². The molecule has 0 bridgehead atoms. The maximum atomic E-state index is 13.9. The third-order valence-electron chi connectivity index (χ3n) is 10.9. The van der Waals surface area contributed by atoms with Gasteiger partial charge in [0.25, 0.3) is 11.8 Å². The molecular formula is C44H50N4O8S. The number of rotatable bonds is 14. The smallest absolute Gasteiger partial charge is 0.337 e. The number of anilines is 3. The molecule has 2 fully saturated rings. The Morgan fingerprint density at radius 3 is 2.00 bits per heavy atom. The summed E-state index contributed by atoms with van der Waals surface area (Å²) in [4.78, 5) is 53.7. The van der Waals surface area contributed by atoms with Crippen LogP contribution in [0.1, 0.15) is 87.6 Å². The minimum absolute atomic E-state index is 0.00523. The Morgan fingerprint density at radius 2 is 1.39 bits per heavy atom. The lowest BCUT2D eigenvalue weighted by molar-refractivity contribution is -0.146. The first-order valence-electron chi connectivity index (χ1n) is 19.5. The second-order valence-corrected chi connectivity index (χ2v) is 16.4. The van der Waals surface area contributed by atoms with Gasteiger partial charge in [-0.05, 0) is 123 Å². The predicted molar refractivity (Wildman–Crippen MR) is 219 cm³/mol. The lowest BCUT2D eigenvalue weighted by atomic mass is 9.86. The molecule has 13 heteroatoms. The number of aryl methyl sites for hydroxylation is 2. The van der Waals surface area contributed by atoms with Crippen molar-refractivity contribution in [1.29, 1.82) is 0 Å². The van der Waals surface area contributed by atoms with Gasteiger partial charge in [0.1, 0.15) is 0 Å². The largest absolute Gasteiger partial charge is 0.469 e. The fourth-order valence-electron chi connectivity index (χ4n) is 7.69. The van der Waals surface area contributed by atoms with Gasteiger partial charge >= 0.3 is 11.9 Å². The second-order valence-electron chi connectivity index (χ2n) is 14.5. The normalized spacial score (nSPS) is 16.9. The highest BCUT2D eigenvalue weighted by Crippen LogP contribution is 2.32. The predicted octanol–water partition coefficient (Wildman–Crippen LogP) is 7.11. The zero-order chi connectivity index (χ0) is 40.5. The van der Waals surface area contributed by atoms with Crippen LogP contribution in [-0.2, 0) is 37.1 Å². The summed E-state index contributed by atoms with van der Waals surface area (Å²) in [5.41, 5.74) is 4.82. The highest BCUT2D eigenvalue weighted by molar-refractivity contribution is 7.89. The van der Waals surface area contributed by atoms with E-state index in [2.05, 4.69) is 15.5 Å². The van der Waals surface area contributed by atoms with Gasteiger partial charge in [0.05, 0.1) is 41.8 Å². The molecule has 300 valence electrons. The minimum atomic E-state index is -3.97. The van der Waals surface area contributed by atoms with Gasteiger partial charge in [-0.25, -0.2) is 13.2 Å². The molecule has 57 heavy (non-hydrogen) atoms. The van der Waals surface area contributed by atoms with Gasteiger partial charge < -0.3 is 25.0 Å². The summed E-state index contributed by atoms with van der Waals surface area (Å²) in [6, 6.07) is 25.9. The maximum absolute atomic E-state index is 13.9. The van der Waals surface area contributed by atoms with Crippen molar-refractivity contribution in [2.24, 2.45) is 5.92 Å². The van der Waals surface area contributed by atoms with E-state index >= 15 is 0 Å². The first kappa shape index (κ1) is 41.1. The zero-order valence-corrected chi connectivity index (χ0v) is 33.5. The number of sulfonamides is 1. The summed E-state index contributed by atoms with van der Waals surface area (Å²) in [6.45, 7) is 3.76. The number of hydrogen-bond acceptors (Lipinski definition) is 9. The Bertz CT molecular complexity index is 2180. The van der Waals surface area contributed by atoms with Gasteiger partial charge in [-0.3, -0.25) is 14.4 Å². The van der Waals surface area contributed by atoms with Crippen molar-refractivity contribution in [3.05, 3.63) is 119 Å². The molecule has 1 saturated carbocycles. The first-order valence-corrected chi connectivity index (χ1v) is 20.9.